The van der Waals surface area contributed by atoms with E-state index in [0.29, 0.717) is 24.5 Å². The van der Waals surface area contributed by atoms with E-state index in [4.69, 9.17) is 4.74 Å². The highest BCUT2D eigenvalue weighted by Crippen LogP contribution is 2.10. The van der Waals surface area contributed by atoms with Crippen molar-refractivity contribution in [1.82, 2.24) is 5.32 Å². The largest absolute Gasteiger partial charge is 0.492 e. The Morgan fingerprint density at radius 1 is 1.05 bits per heavy atom. The van der Waals surface area contributed by atoms with Crippen LogP contribution in [0.3, 0.4) is 0 Å². The van der Waals surface area contributed by atoms with Gasteiger partial charge in [0, 0.05) is 5.56 Å². The van der Waals surface area contributed by atoms with Gasteiger partial charge in [0.05, 0.1) is 6.54 Å². The van der Waals surface area contributed by atoms with E-state index in [1.54, 1.807) is 24.3 Å². The molecule has 3 nitrogen and oxygen atoms in total. The predicted octanol–water partition coefficient (Wildman–Crippen LogP) is 2.63. The van der Waals surface area contributed by atoms with Gasteiger partial charge in [-0.25, -0.2) is 4.39 Å². The van der Waals surface area contributed by atoms with E-state index in [-0.39, 0.29) is 11.7 Å². The summed E-state index contributed by atoms with van der Waals surface area (Å²) in [5.41, 5.74) is 0.615. The average Bonchev–Trinajstić information content (AvgIpc) is 2.46. The molecule has 0 aliphatic rings. The Hall–Kier alpha value is -2.36. The Balaban J connectivity index is 1.72. The van der Waals surface area contributed by atoms with Crippen molar-refractivity contribution < 1.29 is 13.9 Å². The summed E-state index contributed by atoms with van der Waals surface area (Å²) in [7, 11) is 0. The number of hydrogen-bond acceptors (Lipinski definition) is 2. The third-order valence-electron chi connectivity index (χ3n) is 2.51. The Kier molecular flexibility index (Phi) is 4.50. The third kappa shape index (κ3) is 4.10. The molecule has 1 N–H and O–H groups in total. The molecule has 0 bridgehead atoms. The number of nitrogens with one attached hydrogen (secondary N) is 1. The van der Waals surface area contributed by atoms with Crippen LogP contribution >= 0.6 is 0 Å². The van der Waals surface area contributed by atoms with Crippen LogP contribution in [-0.4, -0.2) is 19.1 Å². The molecule has 0 saturated carbocycles. The van der Waals surface area contributed by atoms with Gasteiger partial charge in [-0.3, -0.25) is 4.79 Å². The zero-order chi connectivity index (χ0) is 13.5. The molecule has 19 heavy (non-hydrogen) atoms. The molecule has 2 aromatic rings. The van der Waals surface area contributed by atoms with Crippen LogP contribution in [0.15, 0.2) is 54.6 Å². The normalized spacial score (nSPS) is 9.95. The average molecular weight is 259 g/mol. The van der Waals surface area contributed by atoms with Crippen molar-refractivity contribution in [2.24, 2.45) is 0 Å². The zero-order valence-electron chi connectivity index (χ0n) is 10.3. The molecular formula is C15H14FNO2. The van der Waals surface area contributed by atoms with Crippen LogP contribution in [0.1, 0.15) is 10.4 Å². The Labute approximate surface area is 111 Å². The van der Waals surface area contributed by atoms with Gasteiger partial charge in [-0.2, -0.15) is 0 Å². The fraction of sp³-hybridized carbons (Fsp3) is 0.133. The molecule has 0 aliphatic heterocycles. The second-order valence-corrected chi connectivity index (χ2v) is 3.92. The summed E-state index contributed by atoms with van der Waals surface area (Å²) < 4.78 is 18.0. The number of carbonyl (C=O) groups excluding carboxylic acids is 1. The molecule has 0 aliphatic carbocycles. The van der Waals surface area contributed by atoms with Gasteiger partial charge in [0.15, 0.2) is 0 Å². The van der Waals surface area contributed by atoms with Gasteiger partial charge < -0.3 is 10.1 Å². The maximum absolute atomic E-state index is 12.7. The molecule has 0 spiro atoms. The summed E-state index contributed by atoms with van der Waals surface area (Å²) in [6.07, 6.45) is 0. The number of carbonyl (C=O) groups is 1. The van der Waals surface area contributed by atoms with Gasteiger partial charge in [-0.15, -0.1) is 0 Å². The standard InChI is InChI=1S/C15H14FNO2/c16-13-6-8-14(9-7-13)19-11-10-17-15(18)12-4-2-1-3-5-12/h1-9H,10-11H2,(H,17,18). The van der Waals surface area contributed by atoms with E-state index in [1.165, 1.54) is 12.1 Å². The lowest BCUT2D eigenvalue weighted by atomic mass is 10.2. The molecule has 0 aromatic heterocycles. The summed E-state index contributed by atoms with van der Waals surface area (Å²) in [4.78, 5) is 11.7. The van der Waals surface area contributed by atoms with E-state index in [0.717, 1.165) is 0 Å². The van der Waals surface area contributed by atoms with Crippen LogP contribution < -0.4 is 10.1 Å². The molecule has 0 radical (unpaired) electrons. The van der Waals surface area contributed by atoms with Crippen molar-refractivity contribution in [3.8, 4) is 5.75 Å². The smallest absolute Gasteiger partial charge is 0.251 e. The summed E-state index contributed by atoms with van der Waals surface area (Å²) in [5.74, 6) is 0.142. The Bertz CT molecular complexity index is 526. The van der Waals surface area contributed by atoms with Gasteiger partial charge in [0.25, 0.3) is 5.91 Å². The van der Waals surface area contributed by atoms with Crippen molar-refractivity contribution in [1.29, 1.82) is 0 Å². The lowest BCUT2D eigenvalue weighted by Crippen LogP contribution is -2.27. The van der Waals surface area contributed by atoms with Crippen molar-refractivity contribution >= 4 is 5.91 Å². The number of benzene rings is 2. The maximum atomic E-state index is 12.7. The van der Waals surface area contributed by atoms with Crippen LogP contribution in [0.4, 0.5) is 4.39 Å². The van der Waals surface area contributed by atoms with Gasteiger partial charge in [0.1, 0.15) is 18.2 Å². The Morgan fingerprint density at radius 2 is 1.74 bits per heavy atom. The van der Waals surface area contributed by atoms with Crippen molar-refractivity contribution in [3.63, 3.8) is 0 Å². The minimum atomic E-state index is -0.301. The second-order valence-electron chi connectivity index (χ2n) is 3.92. The SMILES string of the molecule is O=C(NCCOc1ccc(F)cc1)c1ccccc1. The van der Waals surface area contributed by atoms with Crippen LogP contribution in [0.25, 0.3) is 0 Å². The van der Waals surface area contributed by atoms with E-state index in [9.17, 15) is 9.18 Å². The number of rotatable bonds is 5. The minimum Gasteiger partial charge on any atom is -0.492 e. The highest BCUT2D eigenvalue weighted by atomic mass is 19.1. The van der Waals surface area contributed by atoms with Gasteiger partial charge in [0.2, 0.25) is 0 Å². The summed E-state index contributed by atoms with van der Waals surface area (Å²) in [6.45, 7) is 0.731. The van der Waals surface area contributed by atoms with E-state index < -0.39 is 0 Å². The van der Waals surface area contributed by atoms with Crippen molar-refractivity contribution in [2.45, 2.75) is 0 Å². The molecule has 0 atom stereocenters. The highest BCUT2D eigenvalue weighted by Gasteiger charge is 2.03. The summed E-state index contributed by atoms with van der Waals surface area (Å²) in [6, 6.07) is 14.7. The third-order valence-corrected chi connectivity index (χ3v) is 2.51. The molecule has 0 unspecified atom stereocenters. The van der Waals surface area contributed by atoms with Crippen molar-refractivity contribution in [3.05, 3.63) is 66.0 Å². The number of amides is 1. The first-order valence-electron chi connectivity index (χ1n) is 5.97. The first kappa shape index (κ1) is 13.1. The van der Waals surface area contributed by atoms with E-state index >= 15 is 0 Å². The highest BCUT2D eigenvalue weighted by molar-refractivity contribution is 5.94. The number of hydrogen-bond donors (Lipinski definition) is 1. The van der Waals surface area contributed by atoms with Crippen LogP contribution in [0.5, 0.6) is 5.75 Å². The quantitative estimate of drug-likeness (QED) is 0.838. The van der Waals surface area contributed by atoms with Crippen molar-refractivity contribution in [2.75, 3.05) is 13.2 Å². The molecule has 0 heterocycles. The molecule has 0 saturated heterocycles. The van der Waals surface area contributed by atoms with Crippen LogP contribution in [-0.2, 0) is 0 Å². The maximum Gasteiger partial charge on any atom is 0.251 e. The molecular weight excluding hydrogens is 245 g/mol. The zero-order valence-corrected chi connectivity index (χ0v) is 10.3. The van der Waals surface area contributed by atoms with Crippen LogP contribution in [0, 0.1) is 5.82 Å². The number of ether oxygens (including phenoxy) is 1. The molecule has 0 fully saturated rings. The monoisotopic (exact) mass is 259 g/mol. The minimum absolute atomic E-state index is 0.136. The molecule has 4 heteroatoms. The van der Waals surface area contributed by atoms with Gasteiger partial charge in [-0.05, 0) is 36.4 Å². The molecule has 2 aromatic carbocycles. The lowest BCUT2D eigenvalue weighted by Gasteiger charge is -2.07. The second kappa shape index (κ2) is 6.54. The molecule has 1 amide bonds. The first-order chi connectivity index (χ1) is 9.25. The van der Waals surface area contributed by atoms with E-state index in [1.807, 2.05) is 18.2 Å². The predicted molar refractivity (Wildman–Crippen MR) is 70.7 cm³/mol. The number of halogens is 1. The fourth-order valence-electron chi connectivity index (χ4n) is 1.56. The van der Waals surface area contributed by atoms with Gasteiger partial charge >= 0.3 is 0 Å². The summed E-state index contributed by atoms with van der Waals surface area (Å²) >= 11 is 0. The fourth-order valence-corrected chi connectivity index (χ4v) is 1.56. The van der Waals surface area contributed by atoms with Crippen LogP contribution in [0.2, 0.25) is 0 Å². The molecule has 98 valence electrons. The first-order valence-corrected chi connectivity index (χ1v) is 5.97. The van der Waals surface area contributed by atoms with Gasteiger partial charge in [-0.1, -0.05) is 18.2 Å². The summed E-state index contributed by atoms with van der Waals surface area (Å²) in [5, 5.41) is 2.74. The Morgan fingerprint density at radius 3 is 2.42 bits per heavy atom. The van der Waals surface area contributed by atoms with E-state index in [2.05, 4.69) is 5.32 Å². The lowest BCUT2D eigenvalue weighted by molar-refractivity contribution is 0.0947. The molecule has 2 rings (SSSR count). The topological polar surface area (TPSA) is 38.3 Å².